The Labute approximate surface area is 124 Å². The summed E-state index contributed by atoms with van der Waals surface area (Å²) in [7, 11) is 0. The lowest BCUT2D eigenvalue weighted by Crippen LogP contribution is -2.40. The Morgan fingerprint density at radius 3 is 2.65 bits per heavy atom. The number of ether oxygens (including phenoxy) is 1. The zero-order chi connectivity index (χ0) is 14.8. The predicted molar refractivity (Wildman–Crippen MR) is 80.9 cm³/mol. The Balaban J connectivity index is 2.27. The Hall–Kier alpha value is -0.940. The second kappa shape index (κ2) is 6.22. The van der Waals surface area contributed by atoms with E-state index in [-0.39, 0.29) is 11.5 Å². The molecule has 20 heavy (non-hydrogen) atoms. The Morgan fingerprint density at radius 2 is 2.10 bits per heavy atom. The molecule has 4 nitrogen and oxygen atoms in total. The van der Waals surface area contributed by atoms with Crippen molar-refractivity contribution in [2.24, 2.45) is 11.7 Å². The molecule has 0 bridgehead atoms. The van der Waals surface area contributed by atoms with E-state index in [9.17, 15) is 4.79 Å². The van der Waals surface area contributed by atoms with Gasteiger partial charge in [-0.05, 0) is 44.9 Å². The van der Waals surface area contributed by atoms with Crippen molar-refractivity contribution in [3.05, 3.63) is 15.6 Å². The van der Waals surface area contributed by atoms with Gasteiger partial charge >= 0.3 is 5.97 Å². The van der Waals surface area contributed by atoms with Gasteiger partial charge in [0.2, 0.25) is 0 Å². The maximum Gasteiger partial charge on any atom is 0.350 e. The number of nitrogens with zero attached hydrogens (tertiary/aromatic N) is 1. The first-order chi connectivity index (χ1) is 9.50. The van der Waals surface area contributed by atoms with Crippen LogP contribution in [0.5, 0.6) is 0 Å². The van der Waals surface area contributed by atoms with Crippen LogP contribution in [0.4, 0.5) is 0 Å². The lowest BCUT2D eigenvalue weighted by Gasteiger charge is -2.34. The maximum absolute atomic E-state index is 12.0. The van der Waals surface area contributed by atoms with Gasteiger partial charge in [-0.1, -0.05) is 13.8 Å². The molecule has 1 aromatic heterocycles. The van der Waals surface area contributed by atoms with Crippen LogP contribution in [-0.2, 0) is 16.7 Å². The molecule has 0 aliphatic heterocycles. The fourth-order valence-electron chi connectivity index (χ4n) is 2.65. The number of esters is 1. The van der Waals surface area contributed by atoms with E-state index in [0.29, 0.717) is 11.5 Å². The van der Waals surface area contributed by atoms with E-state index < -0.39 is 0 Å². The highest BCUT2D eigenvalue weighted by Gasteiger charge is 2.36. The van der Waals surface area contributed by atoms with E-state index in [1.807, 2.05) is 13.8 Å². The molecule has 1 heterocycles. The highest BCUT2D eigenvalue weighted by molar-refractivity contribution is 7.13. The van der Waals surface area contributed by atoms with Crippen molar-refractivity contribution >= 4 is 17.3 Å². The first-order valence-corrected chi connectivity index (χ1v) is 8.28. The van der Waals surface area contributed by atoms with Crippen LogP contribution in [-0.4, -0.2) is 17.6 Å². The summed E-state index contributed by atoms with van der Waals surface area (Å²) < 4.78 is 5.11. The van der Waals surface area contributed by atoms with Crippen LogP contribution in [0.1, 0.15) is 66.8 Å². The summed E-state index contributed by atoms with van der Waals surface area (Å²) in [6.07, 6.45) is 4.90. The predicted octanol–water partition coefficient (Wildman–Crippen LogP) is 3.25. The molecule has 1 saturated carbocycles. The van der Waals surface area contributed by atoms with Crippen LogP contribution in [0.25, 0.3) is 0 Å². The summed E-state index contributed by atoms with van der Waals surface area (Å²) in [5, 5.41) is 0.907. The van der Waals surface area contributed by atoms with Crippen LogP contribution >= 0.6 is 11.3 Å². The fourth-order valence-corrected chi connectivity index (χ4v) is 3.86. The summed E-state index contributed by atoms with van der Waals surface area (Å²) in [5.41, 5.74) is 7.02. The van der Waals surface area contributed by atoms with E-state index >= 15 is 0 Å². The Kier molecular flexibility index (Phi) is 4.81. The molecule has 112 valence electrons. The lowest BCUT2D eigenvalue weighted by molar-refractivity contribution is 0.0530. The average Bonchev–Trinajstić information content (AvgIpc) is 2.87. The van der Waals surface area contributed by atoms with Gasteiger partial charge in [0.1, 0.15) is 9.88 Å². The van der Waals surface area contributed by atoms with Gasteiger partial charge in [0.05, 0.1) is 17.8 Å². The number of thiazole rings is 1. The molecule has 0 spiro atoms. The number of aryl methyl sites for hydroxylation is 1. The normalized spacial score (nSPS) is 26.5. The fraction of sp³-hybridized carbons (Fsp3) is 0.733. The molecule has 0 atom stereocenters. The minimum atomic E-state index is -0.355. The molecule has 0 amide bonds. The summed E-state index contributed by atoms with van der Waals surface area (Å²) in [6.45, 7) is 6.48. The Bertz CT molecular complexity index is 476. The van der Waals surface area contributed by atoms with Gasteiger partial charge in [0, 0.05) is 0 Å². The van der Waals surface area contributed by atoms with Gasteiger partial charge in [-0.3, -0.25) is 0 Å². The molecule has 1 aliphatic rings. The number of rotatable bonds is 4. The molecule has 0 unspecified atom stereocenters. The van der Waals surface area contributed by atoms with Crippen LogP contribution in [0, 0.1) is 5.92 Å². The van der Waals surface area contributed by atoms with Crippen LogP contribution in [0.15, 0.2) is 0 Å². The number of hydrogen-bond acceptors (Lipinski definition) is 5. The maximum atomic E-state index is 12.0. The standard InChI is InChI=1S/C15H24N2O2S/c1-4-11-12(13(18)19-5-2)20-14(17-11)15(16)8-6-10(3)7-9-15/h10H,4-9,16H2,1-3H3. The summed E-state index contributed by atoms with van der Waals surface area (Å²) in [6, 6.07) is 0. The van der Waals surface area contributed by atoms with Crippen molar-refractivity contribution < 1.29 is 9.53 Å². The minimum Gasteiger partial charge on any atom is -0.462 e. The molecule has 0 saturated heterocycles. The van der Waals surface area contributed by atoms with E-state index in [1.54, 1.807) is 0 Å². The molecule has 1 fully saturated rings. The van der Waals surface area contributed by atoms with Gasteiger partial charge in [-0.25, -0.2) is 9.78 Å². The summed E-state index contributed by atoms with van der Waals surface area (Å²) >= 11 is 1.43. The van der Waals surface area contributed by atoms with Crippen molar-refractivity contribution in [3.8, 4) is 0 Å². The second-order valence-electron chi connectivity index (χ2n) is 5.71. The monoisotopic (exact) mass is 296 g/mol. The third-order valence-corrected chi connectivity index (χ3v) is 5.38. The number of carbonyl (C=O) groups excluding carboxylic acids is 1. The molecular weight excluding hydrogens is 272 g/mol. The lowest BCUT2D eigenvalue weighted by atomic mass is 9.78. The van der Waals surface area contributed by atoms with E-state index in [1.165, 1.54) is 11.3 Å². The molecule has 2 rings (SSSR count). The highest BCUT2D eigenvalue weighted by atomic mass is 32.1. The SMILES string of the molecule is CCOC(=O)c1sc(C2(N)CCC(C)CC2)nc1CC. The van der Waals surface area contributed by atoms with Crippen molar-refractivity contribution in [3.63, 3.8) is 0 Å². The van der Waals surface area contributed by atoms with Crippen LogP contribution in [0.3, 0.4) is 0 Å². The minimum absolute atomic E-state index is 0.263. The van der Waals surface area contributed by atoms with Crippen LogP contribution in [0.2, 0.25) is 0 Å². The largest absolute Gasteiger partial charge is 0.462 e. The molecule has 0 aromatic carbocycles. The van der Waals surface area contributed by atoms with Crippen molar-refractivity contribution in [1.29, 1.82) is 0 Å². The summed E-state index contributed by atoms with van der Waals surface area (Å²) in [5.74, 6) is 0.475. The second-order valence-corrected chi connectivity index (χ2v) is 6.71. The van der Waals surface area contributed by atoms with Gasteiger partial charge in [-0.2, -0.15) is 0 Å². The molecule has 2 N–H and O–H groups in total. The zero-order valence-electron chi connectivity index (χ0n) is 12.6. The van der Waals surface area contributed by atoms with Crippen molar-refractivity contribution in [2.75, 3.05) is 6.61 Å². The van der Waals surface area contributed by atoms with Crippen molar-refractivity contribution in [2.45, 2.75) is 58.4 Å². The molecular formula is C15H24N2O2S. The molecule has 0 radical (unpaired) electrons. The van der Waals surface area contributed by atoms with E-state index in [0.717, 1.165) is 48.7 Å². The zero-order valence-corrected chi connectivity index (χ0v) is 13.4. The smallest absolute Gasteiger partial charge is 0.350 e. The van der Waals surface area contributed by atoms with Gasteiger partial charge in [0.15, 0.2) is 0 Å². The van der Waals surface area contributed by atoms with E-state index in [2.05, 4.69) is 11.9 Å². The number of hydrogen-bond donors (Lipinski definition) is 1. The molecule has 1 aromatic rings. The summed E-state index contributed by atoms with van der Waals surface area (Å²) in [4.78, 5) is 17.3. The van der Waals surface area contributed by atoms with Gasteiger partial charge < -0.3 is 10.5 Å². The quantitative estimate of drug-likeness (QED) is 0.866. The number of carbonyl (C=O) groups is 1. The highest BCUT2D eigenvalue weighted by Crippen LogP contribution is 2.39. The average molecular weight is 296 g/mol. The van der Waals surface area contributed by atoms with Gasteiger partial charge in [-0.15, -0.1) is 11.3 Å². The number of aromatic nitrogens is 1. The number of nitrogens with two attached hydrogens (primary N) is 1. The van der Waals surface area contributed by atoms with E-state index in [4.69, 9.17) is 10.5 Å². The van der Waals surface area contributed by atoms with Crippen LogP contribution < -0.4 is 5.73 Å². The third-order valence-electron chi connectivity index (χ3n) is 4.09. The van der Waals surface area contributed by atoms with Crippen molar-refractivity contribution in [1.82, 2.24) is 4.98 Å². The molecule has 5 heteroatoms. The topological polar surface area (TPSA) is 65.2 Å². The first-order valence-electron chi connectivity index (χ1n) is 7.46. The van der Waals surface area contributed by atoms with Gasteiger partial charge in [0.25, 0.3) is 0 Å². The Morgan fingerprint density at radius 1 is 1.45 bits per heavy atom. The molecule has 1 aliphatic carbocycles. The first kappa shape index (κ1) is 15.4. The third kappa shape index (κ3) is 3.04.